The monoisotopic (exact) mass is 262 g/mol. The van der Waals surface area contributed by atoms with Gasteiger partial charge in [-0.25, -0.2) is 0 Å². The fraction of sp³-hybridized carbons (Fsp3) is 0.600. The van der Waals surface area contributed by atoms with Gasteiger partial charge in [-0.05, 0) is 31.9 Å². The molecular weight excluding hydrogens is 240 g/mol. The van der Waals surface area contributed by atoms with Crippen molar-refractivity contribution in [2.75, 3.05) is 24.6 Å². The van der Waals surface area contributed by atoms with Crippen LogP contribution in [-0.4, -0.2) is 36.6 Å². The highest BCUT2D eigenvalue weighted by Gasteiger charge is 2.20. The van der Waals surface area contributed by atoms with Crippen molar-refractivity contribution in [2.24, 2.45) is 0 Å². The van der Waals surface area contributed by atoms with E-state index in [1.807, 2.05) is 26.0 Å². The van der Waals surface area contributed by atoms with Gasteiger partial charge in [0, 0.05) is 26.1 Å². The van der Waals surface area contributed by atoms with E-state index in [0.717, 1.165) is 38.2 Å². The largest absolute Gasteiger partial charge is 0.377 e. The first-order valence-electron chi connectivity index (χ1n) is 7.10. The van der Waals surface area contributed by atoms with Crippen LogP contribution in [0, 0.1) is 0 Å². The Morgan fingerprint density at radius 3 is 2.95 bits per heavy atom. The topological polar surface area (TPSA) is 42.4 Å². The molecule has 1 atom stereocenters. The number of hydrogen-bond acceptors (Lipinski definition) is 4. The van der Waals surface area contributed by atoms with Crippen molar-refractivity contribution in [3.8, 4) is 0 Å². The van der Waals surface area contributed by atoms with Crippen LogP contribution in [0.4, 0.5) is 5.69 Å². The highest BCUT2D eigenvalue weighted by molar-refractivity contribution is 5.94. The van der Waals surface area contributed by atoms with E-state index in [-0.39, 0.29) is 5.78 Å². The molecule has 4 heteroatoms. The number of carbonyl (C=O) groups excluding carboxylic acids is 1. The molecule has 2 heterocycles. The summed E-state index contributed by atoms with van der Waals surface area (Å²) in [5, 5.41) is 0. The van der Waals surface area contributed by atoms with Crippen LogP contribution in [-0.2, 0) is 4.74 Å². The lowest BCUT2D eigenvalue weighted by Gasteiger charge is -2.33. The molecule has 0 radical (unpaired) electrons. The molecule has 1 aromatic rings. The highest BCUT2D eigenvalue weighted by atomic mass is 16.5. The van der Waals surface area contributed by atoms with Crippen LogP contribution in [0.1, 0.15) is 43.6 Å². The Morgan fingerprint density at radius 2 is 2.32 bits per heavy atom. The van der Waals surface area contributed by atoms with E-state index in [9.17, 15) is 4.79 Å². The second-order valence-electron chi connectivity index (χ2n) is 4.84. The summed E-state index contributed by atoms with van der Waals surface area (Å²) in [7, 11) is 0. The first-order valence-corrected chi connectivity index (χ1v) is 7.10. The minimum absolute atomic E-state index is 0.0948. The van der Waals surface area contributed by atoms with Crippen LogP contribution >= 0.6 is 0 Å². The van der Waals surface area contributed by atoms with Gasteiger partial charge in [0.2, 0.25) is 0 Å². The molecule has 0 N–H and O–H groups in total. The van der Waals surface area contributed by atoms with Crippen LogP contribution in [0.2, 0.25) is 0 Å². The molecule has 1 aliphatic heterocycles. The van der Waals surface area contributed by atoms with Crippen LogP contribution in [0.15, 0.2) is 18.3 Å². The second kappa shape index (κ2) is 6.66. The number of pyridine rings is 1. The molecule has 1 saturated heterocycles. The van der Waals surface area contributed by atoms with Crippen molar-refractivity contribution in [2.45, 2.75) is 39.2 Å². The molecule has 0 aliphatic carbocycles. The van der Waals surface area contributed by atoms with E-state index < -0.39 is 0 Å². The van der Waals surface area contributed by atoms with Gasteiger partial charge >= 0.3 is 0 Å². The molecule has 0 aromatic carbocycles. The zero-order valence-electron chi connectivity index (χ0n) is 11.8. The van der Waals surface area contributed by atoms with Crippen molar-refractivity contribution in [1.29, 1.82) is 0 Å². The molecule has 1 unspecified atom stereocenters. The third kappa shape index (κ3) is 3.53. The van der Waals surface area contributed by atoms with Gasteiger partial charge in [0.1, 0.15) is 5.69 Å². The summed E-state index contributed by atoms with van der Waals surface area (Å²) in [4.78, 5) is 18.1. The number of anilines is 1. The summed E-state index contributed by atoms with van der Waals surface area (Å²) in [6, 6.07) is 3.82. The van der Waals surface area contributed by atoms with Crippen molar-refractivity contribution >= 4 is 11.5 Å². The number of nitrogens with zero attached hydrogens (tertiary/aromatic N) is 2. The van der Waals surface area contributed by atoms with Crippen molar-refractivity contribution in [3.05, 3.63) is 24.0 Å². The summed E-state index contributed by atoms with van der Waals surface area (Å²) < 4.78 is 5.70. The Labute approximate surface area is 114 Å². The van der Waals surface area contributed by atoms with E-state index in [2.05, 4.69) is 9.88 Å². The maximum atomic E-state index is 11.5. The van der Waals surface area contributed by atoms with Crippen LogP contribution in [0.25, 0.3) is 0 Å². The molecule has 1 aromatic heterocycles. The van der Waals surface area contributed by atoms with Crippen molar-refractivity contribution < 1.29 is 9.53 Å². The number of ether oxygens (including phenoxy) is 1. The Balaban J connectivity index is 2.03. The minimum Gasteiger partial charge on any atom is -0.377 e. The Bertz CT molecular complexity index is 415. The number of piperidine rings is 1. The normalized spacial score (nSPS) is 19.5. The average molecular weight is 262 g/mol. The van der Waals surface area contributed by atoms with Gasteiger partial charge in [-0.1, -0.05) is 6.92 Å². The average Bonchev–Trinajstić information content (AvgIpc) is 2.47. The lowest BCUT2D eigenvalue weighted by atomic mass is 10.1. The van der Waals surface area contributed by atoms with E-state index >= 15 is 0 Å². The molecule has 0 saturated carbocycles. The molecule has 104 valence electrons. The first kappa shape index (κ1) is 14.0. The third-order valence-corrected chi connectivity index (χ3v) is 3.50. The third-order valence-electron chi connectivity index (χ3n) is 3.50. The molecule has 2 rings (SSSR count). The predicted octanol–water partition coefficient (Wildman–Crippen LogP) is 2.68. The molecule has 19 heavy (non-hydrogen) atoms. The standard InChI is InChI=1S/C15H22N2O2/c1-3-15(18)14-8-7-12(10-16-14)17-9-5-6-13(11-17)19-4-2/h7-8,10,13H,3-6,9,11H2,1-2H3. The zero-order valence-corrected chi connectivity index (χ0v) is 11.8. The molecule has 4 nitrogen and oxygen atoms in total. The van der Waals surface area contributed by atoms with Gasteiger partial charge in [-0.3, -0.25) is 9.78 Å². The summed E-state index contributed by atoms with van der Waals surface area (Å²) >= 11 is 0. The number of carbonyl (C=O) groups is 1. The van der Waals surface area contributed by atoms with Crippen molar-refractivity contribution in [1.82, 2.24) is 4.98 Å². The van der Waals surface area contributed by atoms with Crippen molar-refractivity contribution in [3.63, 3.8) is 0 Å². The van der Waals surface area contributed by atoms with E-state index in [4.69, 9.17) is 4.74 Å². The van der Waals surface area contributed by atoms with Gasteiger partial charge < -0.3 is 9.64 Å². The lowest BCUT2D eigenvalue weighted by Crippen LogP contribution is -2.39. The summed E-state index contributed by atoms with van der Waals surface area (Å²) in [6.07, 6.45) is 4.89. The van der Waals surface area contributed by atoms with Gasteiger partial charge in [0.25, 0.3) is 0 Å². The maximum absolute atomic E-state index is 11.5. The van der Waals surface area contributed by atoms with Gasteiger partial charge in [0.15, 0.2) is 5.78 Å². The summed E-state index contributed by atoms with van der Waals surface area (Å²) in [5.74, 6) is 0.0948. The summed E-state index contributed by atoms with van der Waals surface area (Å²) in [5.41, 5.74) is 1.64. The number of ketones is 1. The Morgan fingerprint density at radius 1 is 1.47 bits per heavy atom. The molecular formula is C15H22N2O2. The molecule has 0 spiro atoms. The fourth-order valence-electron chi connectivity index (χ4n) is 2.46. The lowest BCUT2D eigenvalue weighted by molar-refractivity contribution is 0.0526. The van der Waals surface area contributed by atoms with Crippen LogP contribution in [0.5, 0.6) is 0 Å². The number of Topliss-reactive ketones (excluding diaryl/α,β-unsaturated/α-hetero) is 1. The van der Waals surface area contributed by atoms with E-state index in [1.54, 1.807) is 6.20 Å². The first-order chi connectivity index (χ1) is 9.24. The fourth-order valence-corrected chi connectivity index (χ4v) is 2.46. The van der Waals surface area contributed by atoms with Gasteiger partial charge in [0.05, 0.1) is 18.0 Å². The number of rotatable bonds is 5. The minimum atomic E-state index is 0.0948. The molecule has 1 aliphatic rings. The molecule has 0 amide bonds. The Kier molecular flexibility index (Phi) is 4.91. The van der Waals surface area contributed by atoms with Crippen LogP contribution < -0.4 is 4.90 Å². The second-order valence-corrected chi connectivity index (χ2v) is 4.84. The quantitative estimate of drug-likeness (QED) is 0.765. The Hall–Kier alpha value is -1.42. The predicted molar refractivity (Wildman–Crippen MR) is 75.7 cm³/mol. The van der Waals surface area contributed by atoms with Crippen LogP contribution in [0.3, 0.4) is 0 Å². The van der Waals surface area contributed by atoms with Gasteiger partial charge in [-0.2, -0.15) is 0 Å². The highest BCUT2D eigenvalue weighted by Crippen LogP contribution is 2.21. The van der Waals surface area contributed by atoms with E-state index in [1.165, 1.54) is 0 Å². The molecule has 1 fully saturated rings. The number of hydrogen-bond donors (Lipinski definition) is 0. The summed E-state index contributed by atoms with van der Waals surface area (Å²) in [6.45, 7) is 6.60. The van der Waals surface area contributed by atoms with Gasteiger partial charge in [-0.15, -0.1) is 0 Å². The number of aromatic nitrogens is 1. The van der Waals surface area contributed by atoms with E-state index in [0.29, 0.717) is 18.2 Å². The SMILES string of the molecule is CCOC1CCCN(c2ccc(C(=O)CC)nc2)C1. The molecule has 0 bridgehead atoms. The maximum Gasteiger partial charge on any atom is 0.180 e. The zero-order chi connectivity index (χ0) is 13.7. The smallest absolute Gasteiger partial charge is 0.180 e.